The molecular weight excluding hydrogens is 348 g/mol. The van der Waals surface area contributed by atoms with E-state index in [0.717, 1.165) is 25.0 Å². The molecule has 1 aliphatic heterocycles. The zero-order valence-electron chi connectivity index (χ0n) is 13.4. The van der Waals surface area contributed by atoms with Crippen molar-refractivity contribution in [2.24, 2.45) is 0 Å². The normalized spacial score (nSPS) is 20.8. The van der Waals surface area contributed by atoms with Crippen LogP contribution in [0.4, 0.5) is 4.79 Å². The number of hydrogen-bond acceptors (Lipinski definition) is 5. The molecule has 2 aliphatic rings. The van der Waals surface area contributed by atoms with Crippen LogP contribution in [0.5, 0.6) is 0 Å². The highest BCUT2D eigenvalue weighted by molar-refractivity contribution is 6.29. The maximum atomic E-state index is 12.8. The number of aryl methyl sites for hydroxylation is 1. The average Bonchev–Trinajstić information content (AvgIpc) is 3.27. The average molecular weight is 365 g/mol. The van der Waals surface area contributed by atoms with E-state index >= 15 is 0 Å². The summed E-state index contributed by atoms with van der Waals surface area (Å²) in [4.78, 5) is 28.0. The summed E-state index contributed by atoms with van der Waals surface area (Å²) in [7, 11) is 0. The van der Waals surface area contributed by atoms with Crippen LogP contribution in [0.1, 0.15) is 43.4 Å². The monoisotopic (exact) mass is 364 g/mol. The minimum atomic E-state index is -1.39. The second-order valence-electron chi connectivity index (χ2n) is 6.58. The molecule has 8 nitrogen and oxygen atoms in total. The summed E-state index contributed by atoms with van der Waals surface area (Å²) < 4.78 is 7.63. The highest BCUT2D eigenvalue weighted by Gasteiger charge is 2.47. The van der Waals surface area contributed by atoms with E-state index in [-0.39, 0.29) is 11.1 Å². The van der Waals surface area contributed by atoms with Gasteiger partial charge in [-0.2, -0.15) is 5.10 Å². The Morgan fingerprint density at radius 1 is 1.44 bits per heavy atom. The molecule has 4 rings (SSSR count). The van der Waals surface area contributed by atoms with E-state index in [0.29, 0.717) is 30.4 Å². The van der Waals surface area contributed by atoms with Crippen molar-refractivity contribution in [3.63, 3.8) is 0 Å². The summed E-state index contributed by atoms with van der Waals surface area (Å²) in [5.74, 6) is 0.567. The SMILES string of the molecule is O=C(O)O[C@H]1CCCc2nn(CC3(c4cccc(Cl)n4)CC3)c(=O)n21. The van der Waals surface area contributed by atoms with Crippen LogP contribution >= 0.6 is 11.6 Å². The third-order valence-corrected chi connectivity index (χ3v) is 5.09. The molecule has 0 aromatic carbocycles. The topological polar surface area (TPSA) is 99.2 Å². The highest BCUT2D eigenvalue weighted by atomic mass is 35.5. The van der Waals surface area contributed by atoms with Crippen molar-refractivity contribution >= 4 is 17.8 Å². The Labute approximate surface area is 148 Å². The zero-order chi connectivity index (χ0) is 17.6. The molecule has 1 atom stereocenters. The van der Waals surface area contributed by atoms with Crippen LogP contribution in [0.3, 0.4) is 0 Å². The minimum Gasteiger partial charge on any atom is -0.450 e. The van der Waals surface area contributed by atoms with E-state index in [9.17, 15) is 9.59 Å². The Balaban J connectivity index is 1.66. The van der Waals surface area contributed by atoms with E-state index in [1.54, 1.807) is 6.07 Å². The maximum absolute atomic E-state index is 12.8. The number of carbonyl (C=O) groups is 1. The summed E-state index contributed by atoms with van der Waals surface area (Å²) in [6.45, 7) is 0.402. The number of pyridine rings is 1. The predicted molar refractivity (Wildman–Crippen MR) is 87.7 cm³/mol. The van der Waals surface area contributed by atoms with Gasteiger partial charge >= 0.3 is 11.8 Å². The first-order valence-electron chi connectivity index (χ1n) is 8.19. The Kier molecular flexibility index (Phi) is 3.79. The number of carboxylic acid groups (broad SMARTS) is 1. The van der Waals surface area contributed by atoms with Gasteiger partial charge < -0.3 is 9.84 Å². The van der Waals surface area contributed by atoms with Gasteiger partial charge in [-0.3, -0.25) is 0 Å². The van der Waals surface area contributed by atoms with Crippen molar-refractivity contribution < 1.29 is 14.6 Å². The number of nitrogens with zero attached hydrogens (tertiary/aromatic N) is 4. The summed E-state index contributed by atoms with van der Waals surface area (Å²) in [5.41, 5.74) is 0.285. The molecule has 132 valence electrons. The van der Waals surface area contributed by atoms with Gasteiger partial charge in [0.15, 0.2) is 6.23 Å². The van der Waals surface area contributed by atoms with E-state index in [1.165, 1.54) is 9.25 Å². The molecular formula is C16H17ClN4O4. The van der Waals surface area contributed by atoms with Gasteiger partial charge in [-0.1, -0.05) is 17.7 Å². The van der Waals surface area contributed by atoms with Crippen LogP contribution in [0, 0.1) is 0 Å². The largest absolute Gasteiger partial charge is 0.507 e. The van der Waals surface area contributed by atoms with Crippen molar-refractivity contribution in [1.82, 2.24) is 19.3 Å². The second kappa shape index (κ2) is 5.87. The number of fused-ring (bicyclic) bond motifs is 1. The van der Waals surface area contributed by atoms with Crippen LogP contribution in [0.2, 0.25) is 5.15 Å². The van der Waals surface area contributed by atoms with Gasteiger partial charge in [0, 0.05) is 18.3 Å². The molecule has 1 N–H and O–H groups in total. The van der Waals surface area contributed by atoms with Crippen LogP contribution in [0.15, 0.2) is 23.0 Å². The molecule has 0 unspecified atom stereocenters. The van der Waals surface area contributed by atoms with Crippen LogP contribution in [0.25, 0.3) is 0 Å². The van der Waals surface area contributed by atoms with Gasteiger partial charge in [0.1, 0.15) is 11.0 Å². The van der Waals surface area contributed by atoms with Crippen molar-refractivity contribution in [3.8, 4) is 0 Å². The lowest BCUT2D eigenvalue weighted by molar-refractivity contribution is 0.00388. The summed E-state index contributed by atoms with van der Waals surface area (Å²) in [6, 6.07) is 5.48. The number of aromatic nitrogens is 4. The van der Waals surface area contributed by atoms with Gasteiger partial charge in [0.05, 0.1) is 12.2 Å². The third kappa shape index (κ3) is 2.90. The molecule has 0 radical (unpaired) electrons. The van der Waals surface area contributed by atoms with E-state index in [2.05, 4.69) is 10.1 Å². The number of halogens is 1. The third-order valence-electron chi connectivity index (χ3n) is 4.88. The molecule has 0 amide bonds. The predicted octanol–water partition coefficient (Wildman–Crippen LogP) is 2.35. The Morgan fingerprint density at radius 3 is 2.92 bits per heavy atom. The summed E-state index contributed by atoms with van der Waals surface area (Å²) in [6.07, 6.45) is 1.46. The fourth-order valence-electron chi connectivity index (χ4n) is 3.46. The summed E-state index contributed by atoms with van der Waals surface area (Å²) in [5, 5.41) is 13.7. The van der Waals surface area contributed by atoms with E-state index < -0.39 is 12.4 Å². The Bertz CT molecular complexity index is 887. The van der Waals surface area contributed by atoms with Crippen molar-refractivity contribution in [2.45, 2.75) is 50.3 Å². The Morgan fingerprint density at radius 2 is 2.24 bits per heavy atom. The first-order chi connectivity index (χ1) is 12.0. The van der Waals surface area contributed by atoms with Gasteiger partial charge in [0.25, 0.3) is 0 Å². The van der Waals surface area contributed by atoms with Gasteiger partial charge in [-0.25, -0.2) is 23.8 Å². The van der Waals surface area contributed by atoms with Crippen LogP contribution in [-0.4, -0.2) is 30.6 Å². The fourth-order valence-corrected chi connectivity index (χ4v) is 3.62. The smallest absolute Gasteiger partial charge is 0.450 e. The molecule has 1 saturated carbocycles. The van der Waals surface area contributed by atoms with E-state index in [1.807, 2.05) is 12.1 Å². The first-order valence-corrected chi connectivity index (χ1v) is 8.57. The van der Waals surface area contributed by atoms with Crippen molar-refractivity contribution in [3.05, 3.63) is 45.4 Å². The standard InChI is InChI=1S/C16H17ClN4O4/c17-11-4-1-3-10(18-11)16(7-8-16)9-20-14(22)21-12(19-20)5-2-6-13(21)25-15(23)24/h1,3-4,13H,2,5-9H2,(H,23,24)/t13-/m0/s1. The zero-order valence-corrected chi connectivity index (χ0v) is 14.1. The van der Waals surface area contributed by atoms with Crippen LogP contribution < -0.4 is 5.69 Å². The lowest BCUT2D eigenvalue weighted by Gasteiger charge is -2.21. The Hall–Kier alpha value is -2.35. The molecule has 25 heavy (non-hydrogen) atoms. The van der Waals surface area contributed by atoms with Gasteiger partial charge in [0.2, 0.25) is 0 Å². The molecule has 0 spiro atoms. The van der Waals surface area contributed by atoms with E-state index in [4.69, 9.17) is 21.4 Å². The molecule has 2 aromatic heterocycles. The van der Waals surface area contributed by atoms with Crippen molar-refractivity contribution in [1.29, 1.82) is 0 Å². The lowest BCUT2D eigenvalue weighted by atomic mass is 10.0. The molecule has 3 heterocycles. The molecule has 1 fully saturated rings. The molecule has 0 saturated heterocycles. The lowest BCUT2D eigenvalue weighted by Crippen LogP contribution is -2.34. The fraction of sp³-hybridized carbons (Fsp3) is 0.500. The number of ether oxygens (including phenoxy) is 1. The van der Waals surface area contributed by atoms with Crippen LogP contribution in [-0.2, 0) is 23.1 Å². The number of hydrogen-bond donors (Lipinski definition) is 1. The second-order valence-corrected chi connectivity index (χ2v) is 6.97. The molecule has 2 aromatic rings. The quantitative estimate of drug-likeness (QED) is 0.660. The van der Waals surface area contributed by atoms with Gasteiger partial charge in [-0.05, 0) is 31.4 Å². The van der Waals surface area contributed by atoms with Gasteiger partial charge in [-0.15, -0.1) is 0 Å². The van der Waals surface area contributed by atoms with Crippen molar-refractivity contribution in [2.75, 3.05) is 0 Å². The summed E-state index contributed by atoms with van der Waals surface area (Å²) >= 11 is 5.99. The molecule has 9 heteroatoms. The maximum Gasteiger partial charge on any atom is 0.507 e. The minimum absolute atomic E-state index is 0.234. The molecule has 1 aliphatic carbocycles. The highest BCUT2D eigenvalue weighted by Crippen LogP contribution is 2.48. The first kappa shape index (κ1) is 16.1. The number of rotatable bonds is 4. The molecule has 0 bridgehead atoms.